The van der Waals surface area contributed by atoms with Crippen molar-refractivity contribution < 1.29 is 23.8 Å². The Balaban J connectivity index is 1.56. The number of rotatable bonds is 5. The van der Waals surface area contributed by atoms with Crippen molar-refractivity contribution in [3.05, 3.63) is 65.2 Å². The summed E-state index contributed by atoms with van der Waals surface area (Å²) in [6, 6.07) is 12.6. The Morgan fingerprint density at radius 3 is 2.68 bits per heavy atom. The maximum absolute atomic E-state index is 12.2. The van der Waals surface area contributed by atoms with Crippen LogP contribution in [0.1, 0.15) is 21.5 Å². The van der Waals surface area contributed by atoms with Crippen molar-refractivity contribution >= 4 is 17.8 Å². The van der Waals surface area contributed by atoms with Gasteiger partial charge in [-0.05, 0) is 36.8 Å². The quantitative estimate of drug-likeness (QED) is 0.476. The summed E-state index contributed by atoms with van der Waals surface area (Å²) >= 11 is 0. The third kappa shape index (κ3) is 4.47. The standard InChI is InChI=1S/C20H18O5/c1-14-3-2-4-15(11-14)5-8-20(22)25-13-17(21)16-6-7-18-19(12-16)24-10-9-23-18/h2-8,11-12H,9-10,13H2,1H3/b8-5+. The SMILES string of the molecule is Cc1cccc(/C=C/C(=O)OCC(=O)c2ccc3c(c2)OCCO3)c1. The molecule has 0 amide bonds. The van der Waals surface area contributed by atoms with Crippen molar-refractivity contribution in [2.75, 3.05) is 19.8 Å². The summed E-state index contributed by atoms with van der Waals surface area (Å²) in [5, 5.41) is 0. The van der Waals surface area contributed by atoms with Crippen LogP contribution in [0.5, 0.6) is 11.5 Å². The van der Waals surface area contributed by atoms with E-state index >= 15 is 0 Å². The molecule has 1 heterocycles. The predicted molar refractivity (Wildman–Crippen MR) is 92.9 cm³/mol. The van der Waals surface area contributed by atoms with Gasteiger partial charge in [-0.25, -0.2) is 4.79 Å². The lowest BCUT2D eigenvalue weighted by molar-refractivity contribution is -0.136. The summed E-state index contributed by atoms with van der Waals surface area (Å²) < 4.78 is 15.9. The molecule has 3 rings (SSSR count). The Hall–Kier alpha value is -3.08. The van der Waals surface area contributed by atoms with Gasteiger partial charge in [0.05, 0.1) is 0 Å². The fourth-order valence-electron chi connectivity index (χ4n) is 2.42. The zero-order valence-corrected chi connectivity index (χ0v) is 13.9. The van der Waals surface area contributed by atoms with Crippen molar-refractivity contribution in [2.45, 2.75) is 6.92 Å². The van der Waals surface area contributed by atoms with Gasteiger partial charge in [0.25, 0.3) is 0 Å². The fraction of sp³-hybridized carbons (Fsp3) is 0.200. The molecule has 0 aromatic heterocycles. The van der Waals surface area contributed by atoms with Gasteiger partial charge in [-0.3, -0.25) is 4.79 Å². The molecule has 2 aromatic carbocycles. The molecule has 1 aliphatic heterocycles. The molecule has 0 unspecified atom stereocenters. The summed E-state index contributed by atoms with van der Waals surface area (Å²) in [6.07, 6.45) is 2.97. The molecule has 128 valence electrons. The van der Waals surface area contributed by atoms with Gasteiger partial charge < -0.3 is 14.2 Å². The highest BCUT2D eigenvalue weighted by Gasteiger charge is 2.15. The van der Waals surface area contributed by atoms with E-state index in [-0.39, 0.29) is 12.4 Å². The lowest BCUT2D eigenvalue weighted by Gasteiger charge is -2.18. The van der Waals surface area contributed by atoms with Crippen LogP contribution in [-0.2, 0) is 9.53 Å². The van der Waals surface area contributed by atoms with Gasteiger partial charge in [0, 0.05) is 11.6 Å². The number of carbonyl (C=O) groups excluding carboxylic acids is 2. The zero-order chi connectivity index (χ0) is 17.6. The lowest BCUT2D eigenvalue weighted by atomic mass is 10.1. The topological polar surface area (TPSA) is 61.8 Å². The van der Waals surface area contributed by atoms with E-state index in [2.05, 4.69) is 0 Å². The molecule has 0 fully saturated rings. The first-order valence-electron chi connectivity index (χ1n) is 7.96. The summed E-state index contributed by atoms with van der Waals surface area (Å²) in [4.78, 5) is 23.9. The van der Waals surface area contributed by atoms with Crippen LogP contribution in [0, 0.1) is 6.92 Å². The second-order valence-corrected chi connectivity index (χ2v) is 5.64. The Kier molecular flexibility index (Phi) is 5.14. The monoisotopic (exact) mass is 338 g/mol. The molecule has 25 heavy (non-hydrogen) atoms. The average molecular weight is 338 g/mol. The van der Waals surface area contributed by atoms with E-state index < -0.39 is 5.97 Å². The molecular weight excluding hydrogens is 320 g/mol. The van der Waals surface area contributed by atoms with Crippen molar-refractivity contribution in [3.8, 4) is 11.5 Å². The van der Waals surface area contributed by atoms with Crippen molar-refractivity contribution in [1.82, 2.24) is 0 Å². The minimum Gasteiger partial charge on any atom is -0.486 e. The van der Waals surface area contributed by atoms with E-state index in [1.54, 1.807) is 24.3 Å². The largest absolute Gasteiger partial charge is 0.486 e. The molecule has 0 saturated carbocycles. The van der Waals surface area contributed by atoms with Gasteiger partial charge in [0.2, 0.25) is 0 Å². The number of fused-ring (bicyclic) bond motifs is 1. The number of esters is 1. The van der Waals surface area contributed by atoms with Crippen molar-refractivity contribution in [3.63, 3.8) is 0 Å². The van der Waals surface area contributed by atoms with E-state index in [9.17, 15) is 9.59 Å². The summed E-state index contributed by atoms with van der Waals surface area (Å²) in [7, 11) is 0. The van der Waals surface area contributed by atoms with Crippen LogP contribution < -0.4 is 9.47 Å². The molecule has 1 aliphatic rings. The lowest BCUT2D eigenvalue weighted by Crippen LogP contribution is -2.17. The Morgan fingerprint density at radius 2 is 1.88 bits per heavy atom. The molecule has 0 atom stereocenters. The molecule has 0 spiro atoms. The van der Waals surface area contributed by atoms with Crippen LogP contribution in [0.4, 0.5) is 0 Å². The van der Waals surface area contributed by atoms with E-state index in [1.807, 2.05) is 31.2 Å². The molecular formula is C20H18O5. The second kappa shape index (κ2) is 7.66. The minimum absolute atomic E-state index is 0.297. The normalized spacial score (nSPS) is 12.8. The smallest absolute Gasteiger partial charge is 0.331 e. The van der Waals surface area contributed by atoms with Gasteiger partial charge in [0.15, 0.2) is 23.9 Å². The number of hydrogen-bond donors (Lipinski definition) is 0. The highest BCUT2D eigenvalue weighted by molar-refractivity contribution is 5.99. The summed E-state index contributed by atoms with van der Waals surface area (Å²) in [5.41, 5.74) is 2.42. The Labute approximate surface area is 145 Å². The number of carbonyl (C=O) groups is 2. The summed E-state index contributed by atoms with van der Waals surface area (Å²) in [6.45, 7) is 2.59. The van der Waals surface area contributed by atoms with Crippen LogP contribution in [0.15, 0.2) is 48.5 Å². The molecule has 2 aromatic rings. The fourth-order valence-corrected chi connectivity index (χ4v) is 2.42. The van der Waals surface area contributed by atoms with Crippen LogP contribution in [0.2, 0.25) is 0 Å². The molecule has 0 bridgehead atoms. The van der Waals surface area contributed by atoms with Gasteiger partial charge >= 0.3 is 5.97 Å². The molecule has 0 aliphatic carbocycles. The van der Waals surface area contributed by atoms with E-state index in [4.69, 9.17) is 14.2 Å². The first-order valence-corrected chi connectivity index (χ1v) is 7.96. The first-order chi connectivity index (χ1) is 12.1. The molecule has 5 nitrogen and oxygen atoms in total. The highest BCUT2D eigenvalue weighted by Crippen LogP contribution is 2.30. The molecule has 0 radical (unpaired) electrons. The van der Waals surface area contributed by atoms with E-state index in [0.717, 1.165) is 11.1 Å². The van der Waals surface area contributed by atoms with Crippen LogP contribution in [0.25, 0.3) is 6.08 Å². The number of Topliss-reactive ketones (excluding diaryl/α,β-unsaturated/α-hetero) is 1. The maximum atomic E-state index is 12.2. The zero-order valence-electron chi connectivity index (χ0n) is 13.9. The van der Waals surface area contributed by atoms with Gasteiger partial charge in [-0.2, -0.15) is 0 Å². The van der Waals surface area contributed by atoms with Crippen molar-refractivity contribution in [1.29, 1.82) is 0 Å². The third-order valence-electron chi connectivity index (χ3n) is 3.66. The molecule has 5 heteroatoms. The number of ketones is 1. The molecule has 0 saturated heterocycles. The van der Waals surface area contributed by atoms with Gasteiger partial charge in [-0.15, -0.1) is 0 Å². The molecule has 0 N–H and O–H groups in total. The number of hydrogen-bond acceptors (Lipinski definition) is 5. The van der Waals surface area contributed by atoms with Crippen LogP contribution >= 0.6 is 0 Å². The van der Waals surface area contributed by atoms with E-state index in [1.165, 1.54) is 6.08 Å². The predicted octanol–water partition coefficient (Wildman–Crippen LogP) is 3.21. The van der Waals surface area contributed by atoms with Gasteiger partial charge in [0.1, 0.15) is 13.2 Å². The number of benzene rings is 2. The van der Waals surface area contributed by atoms with Gasteiger partial charge in [-0.1, -0.05) is 29.8 Å². The highest BCUT2D eigenvalue weighted by atomic mass is 16.6. The second-order valence-electron chi connectivity index (χ2n) is 5.64. The number of ether oxygens (including phenoxy) is 3. The van der Waals surface area contributed by atoms with Crippen molar-refractivity contribution in [2.24, 2.45) is 0 Å². The third-order valence-corrected chi connectivity index (χ3v) is 3.66. The average Bonchev–Trinajstić information content (AvgIpc) is 2.64. The van der Waals surface area contributed by atoms with Crippen LogP contribution in [0.3, 0.4) is 0 Å². The number of aryl methyl sites for hydroxylation is 1. The van der Waals surface area contributed by atoms with E-state index in [0.29, 0.717) is 30.3 Å². The Morgan fingerprint density at radius 1 is 1.08 bits per heavy atom. The van der Waals surface area contributed by atoms with Crippen LogP contribution in [-0.4, -0.2) is 31.6 Å². The summed E-state index contributed by atoms with van der Waals surface area (Å²) in [5.74, 6) is 0.283. The maximum Gasteiger partial charge on any atom is 0.331 e. The Bertz CT molecular complexity index is 823. The first kappa shape index (κ1) is 16.8. The minimum atomic E-state index is -0.563.